The summed E-state index contributed by atoms with van der Waals surface area (Å²) < 4.78 is 40.0. The van der Waals surface area contributed by atoms with Crippen molar-refractivity contribution in [3.05, 3.63) is 42.0 Å². The Kier molecular flexibility index (Phi) is 8.85. The summed E-state index contributed by atoms with van der Waals surface area (Å²) >= 11 is 0. The third kappa shape index (κ3) is 6.18. The highest BCUT2D eigenvalue weighted by molar-refractivity contribution is 5.31. The molecule has 2 unspecified atom stereocenters. The molecule has 0 radical (unpaired) electrons. The lowest BCUT2D eigenvalue weighted by Gasteiger charge is -2.41. The topological polar surface area (TPSA) is 18.5 Å². The van der Waals surface area contributed by atoms with Gasteiger partial charge in [0.05, 0.1) is 12.7 Å². The summed E-state index contributed by atoms with van der Waals surface area (Å²) in [5.74, 6) is 2.15. The fraction of sp³-hybridized carbons (Fsp3) is 0.724. The van der Waals surface area contributed by atoms with Crippen molar-refractivity contribution < 1.29 is 18.3 Å². The molecule has 184 valence electrons. The molecule has 1 aromatic carbocycles. The Balaban J connectivity index is 1.17. The van der Waals surface area contributed by atoms with Crippen LogP contribution in [0.4, 0.5) is 8.78 Å². The number of benzene rings is 1. The molecule has 1 aromatic rings. The Morgan fingerprint density at radius 3 is 2.18 bits per heavy atom. The zero-order valence-corrected chi connectivity index (χ0v) is 20.4. The molecule has 1 saturated heterocycles. The minimum Gasteiger partial charge on any atom is -0.491 e. The van der Waals surface area contributed by atoms with Gasteiger partial charge in [-0.05, 0) is 125 Å². The van der Waals surface area contributed by atoms with Gasteiger partial charge < -0.3 is 9.47 Å². The van der Waals surface area contributed by atoms with Crippen LogP contribution in [0.3, 0.4) is 0 Å². The minimum atomic E-state index is -0.862. The second kappa shape index (κ2) is 11.8. The Morgan fingerprint density at radius 2 is 1.58 bits per heavy atom. The van der Waals surface area contributed by atoms with E-state index in [-0.39, 0.29) is 5.75 Å². The van der Waals surface area contributed by atoms with E-state index in [0.717, 1.165) is 43.6 Å². The summed E-state index contributed by atoms with van der Waals surface area (Å²) in [6.45, 7) is 6.84. The second-order valence-electron chi connectivity index (χ2n) is 10.7. The molecule has 2 aliphatic carbocycles. The molecular weight excluding hydrogens is 418 g/mol. The largest absolute Gasteiger partial charge is 0.491 e. The van der Waals surface area contributed by atoms with Gasteiger partial charge >= 0.3 is 0 Å². The fourth-order valence-corrected chi connectivity index (χ4v) is 6.66. The summed E-state index contributed by atoms with van der Waals surface area (Å²) in [7, 11) is 0. The van der Waals surface area contributed by atoms with Crippen molar-refractivity contribution in [1.82, 2.24) is 0 Å². The Morgan fingerprint density at radius 1 is 0.909 bits per heavy atom. The molecule has 3 aliphatic rings. The molecule has 0 aromatic heterocycles. The van der Waals surface area contributed by atoms with Crippen LogP contribution >= 0.6 is 0 Å². The van der Waals surface area contributed by atoms with Crippen molar-refractivity contribution in [2.24, 2.45) is 29.6 Å². The number of hydrogen-bond acceptors (Lipinski definition) is 2. The van der Waals surface area contributed by atoms with E-state index < -0.39 is 11.6 Å². The van der Waals surface area contributed by atoms with Gasteiger partial charge in [0.15, 0.2) is 11.6 Å². The molecule has 1 aliphatic heterocycles. The third-order valence-electron chi connectivity index (χ3n) is 8.81. The molecule has 0 N–H and O–H groups in total. The highest BCUT2D eigenvalue weighted by atomic mass is 19.2. The van der Waals surface area contributed by atoms with Crippen LogP contribution in [-0.4, -0.2) is 19.3 Å². The maximum Gasteiger partial charge on any atom is 0.200 e. The van der Waals surface area contributed by atoms with Gasteiger partial charge in [0.2, 0.25) is 5.82 Å². The number of hydrogen-bond donors (Lipinski definition) is 0. The van der Waals surface area contributed by atoms with Crippen LogP contribution in [0.1, 0.15) is 83.1 Å². The lowest BCUT2D eigenvalue weighted by molar-refractivity contribution is -0.0616. The molecule has 3 fully saturated rings. The average Bonchev–Trinajstić information content (AvgIpc) is 2.87. The highest BCUT2D eigenvalue weighted by Crippen LogP contribution is 2.43. The third-order valence-corrected chi connectivity index (χ3v) is 8.81. The predicted molar refractivity (Wildman–Crippen MR) is 129 cm³/mol. The first kappa shape index (κ1) is 24.7. The Bertz CT molecular complexity index is 755. The van der Waals surface area contributed by atoms with E-state index in [9.17, 15) is 8.78 Å². The van der Waals surface area contributed by atoms with Gasteiger partial charge in [-0.15, -0.1) is 6.58 Å². The molecular formula is C29H42F2O2. The van der Waals surface area contributed by atoms with E-state index in [0.29, 0.717) is 36.5 Å². The van der Waals surface area contributed by atoms with E-state index in [4.69, 9.17) is 9.47 Å². The van der Waals surface area contributed by atoms with Crippen LogP contribution in [0.15, 0.2) is 24.8 Å². The monoisotopic (exact) mass is 460 g/mol. The summed E-state index contributed by atoms with van der Waals surface area (Å²) in [5.41, 5.74) is 0.443. The number of halogens is 2. The fourth-order valence-electron chi connectivity index (χ4n) is 6.66. The molecule has 4 rings (SSSR count). The van der Waals surface area contributed by atoms with E-state index in [2.05, 4.69) is 12.7 Å². The van der Waals surface area contributed by atoms with Crippen LogP contribution in [-0.2, 0) is 11.2 Å². The minimum absolute atomic E-state index is 0.00163. The highest BCUT2D eigenvalue weighted by Gasteiger charge is 2.35. The van der Waals surface area contributed by atoms with E-state index in [1.165, 1.54) is 51.4 Å². The molecule has 0 amide bonds. The maximum absolute atomic E-state index is 14.4. The van der Waals surface area contributed by atoms with Crippen molar-refractivity contribution in [3.63, 3.8) is 0 Å². The van der Waals surface area contributed by atoms with Crippen molar-refractivity contribution in [1.29, 1.82) is 0 Å². The van der Waals surface area contributed by atoms with Gasteiger partial charge in [0.25, 0.3) is 0 Å². The maximum atomic E-state index is 14.4. The first-order valence-corrected chi connectivity index (χ1v) is 13.4. The lowest BCUT2D eigenvalue weighted by atomic mass is 9.68. The zero-order chi connectivity index (χ0) is 23.2. The molecule has 33 heavy (non-hydrogen) atoms. The number of aryl methyl sites for hydroxylation is 1. The Hall–Kier alpha value is -1.42. The average molecular weight is 461 g/mol. The van der Waals surface area contributed by atoms with Crippen LogP contribution in [0, 0.1) is 41.2 Å². The Labute approximate surface area is 199 Å². The van der Waals surface area contributed by atoms with Crippen LogP contribution in [0.25, 0.3) is 0 Å². The zero-order valence-electron chi connectivity index (χ0n) is 20.4. The quantitative estimate of drug-likeness (QED) is 0.367. The molecule has 2 saturated carbocycles. The standard InChI is InChI=1S/C29H42F2O2/c1-3-20-5-9-22(10-6-20)23-12-14-24(15-13-23)26-17-8-21(19-33-26)7-11-25-16-18-27(32-4-2)29(31)28(25)30/h3,16,18,20-24,26H,1,4-15,17,19H2,2H3. The molecule has 0 spiro atoms. The van der Waals surface area contributed by atoms with Crippen molar-refractivity contribution >= 4 is 0 Å². The second-order valence-corrected chi connectivity index (χ2v) is 10.7. The number of rotatable bonds is 8. The molecule has 1 heterocycles. The van der Waals surface area contributed by atoms with E-state index >= 15 is 0 Å². The van der Waals surface area contributed by atoms with Crippen LogP contribution < -0.4 is 4.74 Å². The van der Waals surface area contributed by atoms with Gasteiger partial charge in [-0.25, -0.2) is 4.39 Å². The first-order valence-electron chi connectivity index (χ1n) is 13.4. The molecule has 2 atom stereocenters. The van der Waals surface area contributed by atoms with Crippen molar-refractivity contribution in [3.8, 4) is 5.75 Å². The molecule has 0 bridgehead atoms. The summed E-state index contributed by atoms with van der Waals surface area (Å²) in [6, 6.07) is 3.21. The van der Waals surface area contributed by atoms with Crippen molar-refractivity contribution in [2.75, 3.05) is 13.2 Å². The normalized spacial score (nSPS) is 32.9. The van der Waals surface area contributed by atoms with Crippen LogP contribution in [0.2, 0.25) is 0 Å². The summed E-state index contributed by atoms with van der Waals surface area (Å²) in [6.07, 6.45) is 17.1. The predicted octanol–water partition coefficient (Wildman–Crippen LogP) is 7.89. The van der Waals surface area contributed by atoms with Gasteiger partial charge in [-0.1, -0.05) is 12.1 Å². The first-order chi connectivity index (χ1) is 16.1. The molecule has 4 heteroatoms. The molecule has 2 nitrogen and oxygen atoms in total. The number of ether oxygens (including phenoxy) is 2. The van der Waals surface area contributed by atoms with E-state index in [1.54, 1.807) is 19.1 Å². The van der Waals surface area contributed by atoms with Crippen LogP contribution in [0.5, 0.6) is 5.75 Å². The SMILES string of the molecule is C=CC1CCC(C2CCC(C3CCC(CCc4ccc(OCC)c(F)c4F)CO3)CC2)CC1. The van der Waals surface area contributed by atoms with Gasteiger partial charge in [0.1, 0.15) is 0 Å². The van der Waals surface area contributed by atoms with E-state index in [1.807, 2.05) is 0 Å². The number of allylic oxidation sites excluding steroid dienone is 1. The van der Waals surface area contributed by atoms with Gasteiger partial charge in [-0.3, -0.25) is 0 Å². The smallest absolute Gasteiger partial charge is 0.200 e. The van der Waals surface area contributed by atoms with Crippen molar-refractivity contribution in [2.45, 2.75) is 90.1 Å². The lowest BCUT2D eigenvalue weighted by Crippen LogP contribution is -2.35. The van der Waals surface area contributed by atoms with Gasteiger partial charge in [0, 0.05) is 6.61 Å². The summed E-state index contributed by atoms with van der Waals surface area (Å²) in [5, 5.41) is 0. The van der Waals surface area contributed by atoms with Gasteiger partial charge in [-0.2, -0.15) is 4.39 Å². The summed E-state index contributed by atoms with van der Waals surface area (Å²) in [4.78, 5) is 0.